The lowest BCUT2D eigenvalue weighted by atomic mass is 10.1. The van der Waals surface area contributed by atoms with E-state index in [1.807, 2.05) is 16.7 Å². The summed E-state index contributed by atoms with van der Waals surface area (Å²) >= 11 is 5.53. The first kappa shape index (κ1) is 10.8. The Kier molecular flexibility index (Phi) is 3.42. The van der Waals surface area contributed by atoms with Gasteiger partial charge < -0.3 is 4.90 Å². The molecule has 0 aliphatic carbocycles. The van der Waals surface area contributed by atoms with E-state index < -0.39 is 0 Å². The molecule has 2 fully saturated rings. The Morgan fingerprint density at radius 1 is 1.50 bits per heavy atom. The highest BCUT2D eigenvalue weighted by Crippen LogP contribution is 2.29. The van der Waals surface area contributed by atoms with Crippen molar-refractivity contribution < 1.29 is 4.79 Å². The third-order valence-corrected chi connectivity index (χ3v) is 5.47. The molecule has 0 bridgehead atoms. The van der Waals surface area contributed by atoms with Crippen LogP contribution < -0.4 is 0 Å². The molecule has 2 rings (SSSR count). The van der Waals surface area contributed by atoms with Crippen molar-refractivity contribution in [1.82, 2.24) is 4.90 Å². The summed E-state index contributed by atoms with van der Waals surface area (Å²) in [7, 11) is 0. The Bertz CT molecular complexity index is 220. The summed E-state index contributed by atoms with van der Waals surface area (Å²) in [5.74, 6) is 3.51. The van der Waals surface area contributed by atoms with E-state index in [1.54, 1.807) is 0 Å². The van der Waals surface area contributed by atoms with Crippen molar-refractivity contribution in [3.63, 3.8) is 0 Å². The maximum absolute atomic E-state index is 12.0. The van der Waals surface area contributed by atoms with Gasteiger partial charge in [-0.3, -0.25) is 4.79 Å². The molecular formula is C10H16BrNOS. The zero-order chi connectivity index (χ0) is 10.1. The van der Waals surface area contributed by atoms with Gasteiger partial charge in [-0.1, -0.05) is 22.9 Å². The summed E-state index contributed by atoms with van der Waals surface area (Å²) in [5, 5.41) is 0. The van der Waals surface area contributed by atoms with Crippen molar-refractivity contribution in [1.29, 1.82) is 0 Å². The standard InChI is InChI=1S/C10H16BrNOS/c1-7-4-12(5-9(7)11)10(13)8-2-3-14-6-8/h7-9H,2-6H2,1H3. The van der Waals surface area contributed by atoms with Gasteiger partial charge >= 0.3 is 0 Å². The van der Waals surface area contributed by atoms with Crippen LogP contribution in [0.1, 0.15) is 13.3 Å². The fourth-order valence-electron chi connectivity index (χ4n) is 2.09. The highest BCUT2D eigenvalue weighted by molar-refractivity contribution is 9.09. The fraction of sp³-hybridized carbons (Fsp3) is 0.900. The topological polar surface area (TPSA) is 20.3 Å². The Balaban J connectivity index is 1.92. The summed E-state index contributed by atoms with van der Waals surface area (Å²) in [5.41, 5.74) is 0. The molecule has 3 atom stereocenters. The molecule has 0 aromatic heterocycles. The van der Waals surface area contributed by atoms with E-state index in [1.165, 1.54) is 0 Å². The lowest BCUT2D eigenvalue weighted by Gasteiger charge is -2.19. The molecule has 0 N–H and O–H groups in total. The molecule has 2 aliphatic heterocycles. The zero-order valence-corrected chi connectivity index (χ0v) is 10.8. The second-order valence-corrected chi connectivity index (χ2v) is 6.62. The molecule has 0 radical (unpaired) electrons. The van der Waals surface area contributed by atoms with Gasteiger partial charge in [-0.15, -0.1) is 0 Å². The number of halogens is 1. The van der Waals surface area contributed by atoms with E-state index >= 15 is 0 Å². The first-order chi connectivity index (χ1) is 6.68. The number of likely N-dealkylation sites (tertiary alicyclic amines) is 1. The summed E-state index contributed by atoms with van der Waals surface area (Å²) in [6, 6.07) is 0. The van der Waals surface area contributed by atoms with E-state index in [4.69, 9.17) is 0 Å². The van der Waals surface area contributed by atoms with E-state index in [9.17, 15) is 4.79 Å². The fourth-order valence-corrected chi connectivity index (χ4v) is 3.82. The van der Waals surface area contributed by atoms with Gasteiger partial charge in [-0.2, -0.15) is 11.8 Å². The van der Waals surface area contributed by atoms with Gasteiger partial charge in [0, 0.05) is 29.6 Å². The van der Waals surface area contributed by atoms with Crippen molar-refractivity contribution in [3.05, 3.63) is 0 Å². The van der Waals surface area contributed by atoms with Crippen molar-refractivity contribution in [2.45, 2.75) is 18.2 Å². The van der Waals surface area contributed by atoms with Crippen LogP contribution in [0.3, 0.4) is 0 Å². The van der Waals surface area contributed by atoms with Gasteiger partial charge in [0.2, 0.25) is 5.91 Å². The van der Waals surface area contributed by atoms with Crippen molar-refractivity contribution in [2.75, 3.05) is 24.6 Å². The molecule has 1 amide bonds. The molecule has 2 heterocycles. The minimum atomic E-state index is 0.310. The molecule has 4 heteroatoms. The first-order valence-corrected chi connectivity index (χ1v) is 7.26. The van der Waals surface area contributed by atoms with Gasteiger partial charge in [0.1, 0.15) is 0 Å². The van der Waals surface area contributed by atoms with Gasteiger partial charge in [-0.25, -0.2) is 0 Å². The van der Waals surface area contributed by atoms with Crippen LogP contribution in [-0.4, -0.2) is 40.2 Å². The molecule has 3 unspecified atom stereocenters. The van der Waals surface area contributed by atoms with Gasteiger partial charge in [0.15, 0.2) is 0 Å². The highest BCUT2D eigenvalue weighted by Gasteiger charge is 2.34. The highest BCUT2D eigenvalue weighted by atomic mass is 79.9. The number of thioether (sulfide) groups is 1. The van der Waals surface area contributed by atoms with Crippen molar-refractivity contribution >= 4 is 33.6 Å². The number of carbonyl (C=O) groups is 1. The molecule has 0 spiro atoms. The normalized spacial score (nSPS) is 37.9. The Labute approximate surface area is 97.9 Å². The largest absolute Gasteiger partial charge is 0.341 e. The number of amides is 1. The maximum Gasteiger partial charge on any atom is 0.226 e. The van der Waals surface area contributed by atoms with Gasteiger partial charge in [0.25, 0.3) is 0 Å². The number of carbonyl (C=O) groups excluding carboxylic acids is 1. The Morgan fingerprint density at radius 3 is 2.79 bits per heavy atom. The van der Waals surface area contributed by atoms with Crippen LogP contribution in [0, 0.1) is 11.8 Å². The number of hydrogen-bond acceptors (Lipinski definition) is 2. The van der Waals surface area contributed by atoms with E-state index in [0.717, 1.165) is 31.0 Å². The molecule has 0 aromatic carbocycles. The average molecular weight is 278 g/mol. The molecule has 0 aromatic rings. The summed E-state index contributed by atoms with van der Waals surface area (Å²) in [4.78, 5) is 14.6. The Hall–Kier alpha value is 0.300. The molecular weight excluding hydrogens is 262 g/mol. The summed E-state index contributed by atoms with van der Waals surface area (Å²) < 4.78 is 0. The van der Waals surface area contributed by atoms with Crippen LogP contribution in [0.2, 0.25) is 0 Å². The van der Waals surface area contributed by atoms with E-state index in [0.29, 0.717) is 22.6 Å². The van der Waals surface area contributed by atoms with Crippen molar-refractivity contribution in [3.8, 4) is 0 Å². The lowest BCUT2D eigenvalue weighted by molar-refractivity contribution is -0.133. The van der Waals surface area contributed by atoms with Crippen LogP contribution in [0.15, 0.2) is 0 Å². The second kappa shape index (κ2) is 4.44. The number of nitrogens with zero attached hydrogens (tertiary/aromatic N) is 1. The van der Waals surface area contributed by atoms with Gasteiger partial charge in [-0.05, 0) is 18.1 Å². The van der Waals surface area contributed by atoms with Crippen LogP contribution in [0.25, 0.3) is 0 Å². The van der Waals surface area contributed by atoms with Crippen LogP contribution in [0.4, 0.5) is 0 Å². The molecule has 14 heavy (non-hydrogen) atoms. The predicted molar refractivity (Wildman–Crippen MR) is 63.9 cm³/mol. The lowest BCUT2D eigenvalue weighted by Crippen LogP contribution is -2.34. The molecule has 2 nitrogen and oxygen atoms in total. The Morgan fingerprint density at radius 2 is 2.29 bits per heavy atom. The smallest absolute Gasteiger partial charge is 0.226 e. The SMILES string of the molecule is CC1CN(C(=O)C2CCSC2)CC1Br. The minimum Gasteiger partial charge on any atom is -0.341 e. The van der Waals surface area contributed by atoms with Crippen LogP contribution in [-0.2, 0) is 4.79 Å². The molecule has 0 saturated carbocycles. The summed E-state index contributed by atoms with van der Waals surface area (Å²) in [6.07, 6.45) is 1.08. The van der Waals surface area contributed by atoms with E-state index in [-0.39, 0.29) is 0 Å². The summed E-state index contributed by atoms with van der Waals surface area (Å²) in [6.45, 7) is 4.05. The molecule has 80 valence electrons. The average Bonchev–Trinajstić information content (AvgIpc) is 2.76. The van der Waals surface area contributed by atoms with Crippen LogP contribution in [0.5, 0.6) is 0 Å². The predicted octanol–water partition coefficient (Wildman–Crippen LogP) is 1.98. The first-order valence-electron chi connectivity index (χ1n) is 5.19. The minimum absolute atomic E-state index is 0.310. The monoisotopic (exact) mass is 277 g/mol. The number of hydrogen-bond donors (Lipinski definition) is 0. The van der Waals surface area contributed by atoms with E-state index in [2.05, 4.69) is 22.9 Å². The van der Waals surface area contributed by atoms with Gasteiger partial charge in [0.05, 0.1) is 0 Å². The maximum atomic E-state index is 12.0. The molecule has 2 aliphatic rings. The number of rotatable bonds is 1. The van der Waals surface area contributed by atoms with Crippen molar-refractivity contribution in [2.24, 2.45) is 11.8 Å². The second-order valence-electron chi connectivity index (χ2n) is 4.30. The molecule has 2 saturated heterocycles. The number of alkyl halides is 1. The third kappa shape index (κ3) is 2.11. The quantitative estimate of drug-likeness (QED) is 0.684. The van der Waals surface area contributed by atoms with Crippen LogP contribution >= 0.6 is 27.7 Å². The third-order valence-electron chi connectivity index (χ3n) is 3.11. The zero-order valence-electron chi connectivity index (χ0n) is 8.41.